The lowest BCUT2D eigenvalue weighted by Crippen LogP contribution is -2.44. The number of halogens is 2. The van der Waals surface area contributed by atoms with Gasteiger partial charge in [-0.05, 0) is 13.8 Å². The molecule has 0 saturated carbocycles. The molecule has 0 amide bonds. The van der Waals surface area contributed by atoms with Gasteiger partial charge in [0, 0.05) is 38.6 Å². The number of nitrogens with one attached hydrogen (secondary N) is 1. The number of anilines is 1. The first kappa shape index (κ1) is 21.1. The summed E-state index contributed by atoms with van der Waals surface area (Å²) in [6.45, 7) is 7.34. The Morgan fingerprint density at radius 3 is 2.52 bits per heavy atom. The average Bonchev–Trinajstić information content (AvgIpc) is 2.98. The van der Waals surface area contributed by atoms with Gasteiger partial charge in [-0.1, -0.05) is 0 Å². The van der Waals surface area contributed by atoms with Gasteiger partial charge in [0.05, 0.1) is 17.9 Å². The Balaban J connectivity index is 0.00000156. The molecule has 0 radical (unpaired) electrons. The molecule has 1 fully saturated rings. The van der Waals surface area contributed by atoms with E-state index in [4.69, 9.17) is 9.15 Å². The maximum absolute atomic E-state index is 11.8. The van der Waals surface area contributed by atoms with Crippen molar-refractivity contribution >= 4 is 36.7 Å². The third-order valence-electron chi connectivity index (χ3n) is 3.54. The van der Waals surface area contributed by atoms with Crippen molar-refractivity contribution in [1.29, 1.82) is 0 Å². The number of oxazole rings is 1. The molecule has 138 valence electrons. The fourth-order valence-electron chi connectivity index (χ4n) is 2.37. The van der Waals surface area contributed by atoms with Gasteiger partial charge in [0.2, 0.25) is 17.6 Å². The summed E-state index contributed by atoms with van der Waals surface area (Å²) in [4.78, 5) is 26.9. The molecule has 1 saturated heterocycles. The first-order valence-electron chi connectivity index (χ1n) is 7.61. The maximum atomic E-state index is 11.8. The number of hydrogen-bond donors (Lipinski definition) is 1. The zero-order valence-electron chi connectivity index (χ0n) is 14.0. The highest BCUT2D eigenvalue weighted by Gasteiger charge is 2.20. The number of carbonyl (C=O) groups excluding carboxylic acids is 1. The smallest absolute Gasteiger partial charge is 0.376 e. The first-order chi connectivity index (χ1) is 11.2. The number of nitrogens with zero attached hydrogens (tertiary/aromatic N) is 4. The fraction of sp³-hybridized carbons (Fsp3) is 0.467. The molecule has 2 aromatic rings. The standard InChI is InChI=1S/C15H19N5O3.2ClH/c1-3-22-14(21)12-10(2)19-13(23-12)11-8-17-15(18-9-11)20-6-4-16-5-7-20;;/h8-9,16H,3-7H2,1-2H3;2*1H. The summed E-state index contributed by atoms with van der Waals surface area (Å²) in [5.41, 5.74) is 1.12. The number of piperazine rings is 1. The van der Waals surface area contributed by atoms with Crippen molar-refractivity contribution in [1.82, 2.24) is 20.3 Å². The van der Waals surface area contributed by atoms with Gasteiger partial charge in [0.15, 0.2) is 0 Å². The number of carbonyl (C=O) groups is 1. The van der Waals surface area contributed by atoms with E-state index in [2.05, 4.69) is 25.2 Å². The molecule has 0 atom stereocenters. The molecular weight excluding hydrogens is 369 g/mol. The predicted molar refractivity (Wildman–Crippen MR) is 97.8 cm³/mol. The van der Waals surface area contributed by atoms with Crippen molar-refractivity contribution in [3.05, 3.63) is 23.8 Å². The van der Waals surface area contributed by atoms with Crippen molar-refractivity contribution < 1.29 is 13.9 Å². The summed E-state index contributed by atoms with van der Waals surface area (Å²) in [5, 5.41) is 3.29. The number of rotatable bonds is 4. The third-order valence-corrected chi connectivity index (χ3v) is 3.54. The number of esters is 1. The van der Waals surface area contributed by atoms with Crippen LogP contribution in [-0.4, -0.2) is 53.7 Å². The molecule has 3 heterocycles. The number of ether oxygens (including phenoxy) is 1. The minimum Gasteiger partial charge on any atom is -0.460 e. The van der Waals surface area contributed by atoms with Crippen LogP contribution < -0.4 is 10.2 Å². The zero-order chi connectivity index (χ0) is 16.2. The van der Waals surface area contributed by atoms with Crippen LogP contribution in [0.4, 0.5) is 5.95 Å². The van der Waals surface area contributed by atoms with Gasteiger partial charge >= 0.3 is 5.97 Å². The van der Waals surface area contributed by atoms with Crippen molar-refractivity contribution in [3.63, 3.8) is 0 Å². The van der Waals surface area contributed by atoms with Gasteiger partial charge in [-0.25, -0.2) is 19.7 Å². The molecule has 1 aliphatic heterocycles. The quantitative estimate of drug-likeness (QED) is 0.791. The highest BCUT2D eigenvalue weighted by molar-refractivity contribution is 5.87. The Morgan fingerprint density at radius 2 is 1.92 bits per heavy atom. The SMILES string of the molecule is CCOC(=O)c1oc(-c2cnc(N3CCNCC3)nc2)nc1C.Cl.Cl. The normalized spacial score (nSPS) is 13.6. The molecule has 10 heteroatoms. The zero-order valence-corrected chi connectivity index (χ0v) is 15.7. The highest BCUT2D eigenvalue weighted by Crippen LogP contribution is 2.22. The second kappa shape index (κ2) is 9.55. The molecule has 0 spiro atoms. The number of aromatic nitrogens is 3. The van der Waals surface area contributed by atoms with Crippen molar-refractivity contribution in [2.75, 3.05) is 37.7 Å². The van der Waals surface area contributed by atoms with E-state index in [1.165, 1.54) is 0 Å². The number of aryl methyl sites for hydroxylation is 1. The molecule has 8 nitrogen and oxygen atoms in total. The van der Waals surface area contributed by atoms with Crippen LogP contribution in [0.25, 0.3) is 11.5 Å². The third kappa shape index (κ3) is 4.81. The molecule has 25 heavy (non-hydrogen) atoms. The largest absolute Gasteiger partial charge is 0.460 e. The van der Waals surface area contributed by atoms with E-state index < -0.39 is 5.97 Å². The van der Waals surface area contributed by atoms with Crippen LogP contribution >= 0.6 is 24.8 Å². The van der Waals surface area contributed by atoms with E-state index in [0.29, 0.717) is 23.1 Å². The minimum atomic E-state index is -0.512. The van der Waals surface area contributed by atoms with Gasteiger partial charge < -0.3 is 19.4 Å². The average molecular weight is 390 g/mol. The molecule has 0 bridgehead atoms. The topological polar surface area (TPSA) is 93.4 Å². The van der Waals surface area contributed by atoms with Gasteiger partial charge in [-0.3, -0.25) is 0 Å². The fourth-order valence-corrected chi connectivity index (χ4v) is 2.37. The molecule has 0 unspecified atom stereocenters. The van der Waals surface area contributed by atoms with Gasteiger partial charge in [-0.2, -0.15) is 0 Å². The Bertz CT molecular complexity index is 687. The summed E-state index contributed by atoms with van der Waals surface area (Å²) in [6, 6.07) is 0. The lowest BCUT2D eigenvalue weighted by Gasteiger charge is -2.27. The molecule has 2 aromatic heterocycles. The Hall–Kier alpha value is -1.90. The second-order valence-electron chi connectivity index (χ2n) is 5.16. The van der Waals surface area contributed by atoms with Crippen LogP contribution in [0.1, 0.15) is 23.2 Å². The summed E-state index contributed by atoms with van der Waals surface area (Å²) in [7, 11) is 0. The summed E-state index contributed by atoms with van der Waals surface area (Å²) in [5.74, 6) is 0.608. The summed E-state index contributed by atoms with van der Waals surface area (Å²) >= 11 is 0. The van der Waals surface area contributed by atoms with Crippen LogP contribution in [0.3, 0.4) is 0 Å². The Morgan fingerprint density at radius 1 is 1.28 bits per heavy atom. The monoisotopic (exact) mass is 389 g/mol. The van der Waals surface area contributed by atoms with E-state index in [1.807, 2.05) is 0 Å². The van der Waals surface area contributed by atoms with Crippen LogP contribution in [0.5, 0.6) is 0 Å². The van der Waals surface area contributed by atoms with Crippen molar-refractivity contribution in [2.45, 2.75) is 13.8 Å². The summed E-state index contributed by atoms with van der Waals surface area (Å²) in [6.07, 6.45) is 3.31. The molecule has 1 N–H and O–H groups in total. The molecule has 1 aliphatic rings. The Kier molecular flexibility index (Phi) is 8.08. The molecule has 3 rings (SSSR count). The first-order valence-corrected chi connectivity index (χ1v) is 7.61. The van der Waals surface area contributed by atoms with Crippen LogP contribution in [0, 0.1) is 6.92 Å². The number of hydrogen-bond acceptors (Lipinski definition) is 8. The van der Waals surface area contributed by atoms with Gasteiger partial charge in [0.25, 0.3) is 0 Å². The lowest BCUT2D eigenvalue weighted by atomic mass is 10.3. The maximum Gasteiger partial charge on any atom is 0.376 e. The van der Waals surface area contributed by atoms with Crippen LogP contribution in [-0.2, 0) is 4.74 Å². The van der Waals surface area contributed by atoms with E-state index in [0.717, 1.165) is 26.2 Å². The van der Waals surface area contributed by atoms with Gasteiger partial charge in [0.1, 0.15) is 0 Å². The molecule has 0 aliphatic carbocycles. The van der Waals surface area contributed by atoms with Gasteiger partial charge in [-0.15, -0.1) is 24.8 Å². The van der Waals surface area contributed by atoms with E-state index in [9.17, 15) is 4.79 Å². The van der Waals surface area contributed by atoms with Crippen LogP contribution in [0.15, 0.2) is 16.8 Å². The van der Waals surface area contributed by atoms with E-state index in [-0.39, 0.29) is 37.2 Å². The van der Waals surface area contributed by atoms with Crippen LogP contribution in [0.2, 0.25) is 0 Å². The highest BCUT2D eigenvalue weighted by atomic mass is 35.5. The lowest BCUT2D eigenvalue weighted by molar-refractivity contribution is 0.0490. The second-order valence-corrected chi connectivity index (χ2v) is 5.16. The van der Waals surface area contributed by atoms with Crippen molar-refractivity contribution in [2.24, 2.45) is 0 Å². The van der Waals surface area contributed by atoms with E-state index >= 15 is 0 Å². The minimum absolute atomic E-state index is 0. The van der Waals surface area contributed by atoms with E-state index in [1.54, 1.807) is 26.2 Å². The molecule has 0 aromatic carbocycles. The summed E-state index contributed by atoms with van der Waals surface area (Å²) < 4.78 is 10.5. The predicted octanol–water partition coefficient (Wildman–Crippen LogP) is 1.87. The molecular formula is C15H21Cl2N5O3. The Labute approximate surface area is 158 Å². The van der Waals surface area contributed by atoms with Crippen molar-refractivity contribution in [3.8, 4) is 11.5 Å².